The molecule has 1 spiro atoms. The van der Waals surface area contributed by atoms with E-state index in [1.807, 2.05) is 11.8 Å². The van der Waals surface area contributed by atoms with Crippen LogP contribution in [0.1, 0.15) is 86.5 Å². The average molecular weight is 628 g/mol. The molecular weight excluding hydrogens is 574 g/mol. The van der Waals surface area contributed by atoms with E-state index in [0.717, 1.165) is 37.7 Å². The molecule has 0 aromatic heterocycles. The van der Waals surface area contributed by atoms with Crippen LogP contribution in [0, 0.1) is 29.6 Å². The molecule has 0 radical (unpaired) electrons. The zero-order valence-electron chi connectivity index (χ0n) is 27.5. The number of benzene rings is 1. The molecule has 12 atom stereocenters. The number of carbonyl (C=O) groups excluding carboxylic acids is 1. The van der Waals surface area contributed by atoms with Crippen molar-refractivity contribution in [2.75, 3.05) is 13.2 Å². The summed E-state index contributed by atoms with van der Waals surface area (Å²) in [5.74, 6) is 1.01. The van der Waals surface area contributed by atoms with Crippen molar-refractivity contribution in [2.24, 2.45) is 29.6 Å². The highest BCUT2D eigenvalue weighted by atomic mass is 32.2. The standard InChI is InChI=1S/C36H53NO6S/c1-8-14-39-34(38)37-21-23(3)15-27(7)36(37)20-30-32(43-36)29-16-22(2)18-35(41-29,42-30)19-26(6)31-24(4)17-25(5)33(40-31)44-28-12-10-9-11-13-28/h9-13,22-25,27,29-33H,6,8,14-21H2,1-5,7H3/t22-,23+,24-,25+,27-,29-,30+,31-,32+,33-,35-,36-/m0/s1. The van der Waals surface area contributed by atoms with Crippen molar-refractivity contribution in [3.05, 3.63) is 42.5 Å². The second-order valence-corrected chi connectivity index (χ2v) is 15.9. The minimum Gasteiger partial charge on any atom is -0.449 e. The second-order valence-electron chi connectivity index (χ2n) is 14.7. The van der Waals surface area contributed by atoms with Crippen molar-refractivity contribution < 1.29 is 28.5 Å². The van der Waals surface area contributed by atoms with Gasteiger partial charge in [0.25, 0.3) is 0 Å². The monoisotopic (exact) mass is 627 g/mol. The summed E-state index contributed by atoms with van der Waals surface area (Å²) in [5.41, 5.74) is 0.376. The summed E-state index contributed by atoms with van der Waals surface area (Å²) in [6.07, 6.45) is 5.06. The molecule has 1 aromatic rings. The zero-order chi connectivity index (χ0) is 31.2. The van der Waals surface area contributed by atoms with Crippen molar-refractivity contribution in [2.45, 2.75) is 133 Å². The lowest BCUT2D eigenvalue weighted by Crippen LogP contribution is -2.61. The highest BCUT2D eigenvalue weighted by molar-refractivity contribution is 7.99. The van der Waals surface area contributed by atoms with E-state index in [9.17, 15) is 4.79 Å². The van der Waals surface area contributed by atoms with E-state index in [-0.39, 0.29) is 41.9 Å². The van der Waals surface area contributed by atoms with Gasteiger partial charge >= 0.3 is 6.09 Å². The van der Waals surface area contributed by atoms with Gasteiger partial charge in [-0.3, -0.25) is 4.90 Å². The first-order valence-corrected chi connectivity index (χ1v) is 17.9. The molecule has 5 aliphatic rings. The van der Waals surface area contributed by atoms with E-state index in [1.165, 1.54) is 4.90 Å². The molecular formula is C36H53NO6S. The first-order chi connectivity index (χ1) is 21.0. The molecule has 5 heterocycles. The average Bonchev–Trinajstić information content (AvgIpc) is 3.35. The predicted molar refractivity (Wildman–Crippen MR) is 172 cm³/mol. The molecule has 0 saturated carbocycles. The van der Waals surface area contributed by atoms with Crippen LogP contribution in [0.2, 0.25) is 0 Å². The van der Waals surface area contributed by atoms with Crippen molar-refractivity contribution in [3.63, 3.8) is 0 Å². The van der Waals surface area contributed by atoms with Crippen molar-refractivity contribution in [1.82, 2.24) is 4.90 Å². The molecule has 6 rings (SSSR count). The molecule has 5 fully saturated rings. The van der Waals surface area contributed by atoms with Gasteiger partial charge in [0.05, 0.1) is 24.9 Å². The number of ether oxygens (including phenoxy) is 5. The van der Waals surface area contributed by atoms with Crippen LogP contribution in [0.25, 0.3) is 0 Å². The molecule has 5 saturated heterocycles. The van der Waals surface area contributed by atoms with Crippen LogP contribution >= 0.6 is 11.8 Å². The molecule has 244 valence electrons. The Morgan fingerprint density at radius 2 is 1.73 bits per heavy atom. The van der Waals surface area contributed by atoms with Crippen LogP contribution in [0.4, 0.5) is 4.79 Å². The maximum absolute atomic E-state index is 13.4. The lowest BCUT2D eigenvalue weighted by Gasteiger charge is -2.52. The minimum absolute atomic E-state index is 0.0581. The third kappa shape index (κ3) is 6.23. The smallest absolute Gasteiger partial charge is 0.412 e. The minimum atomic E-state index is -0.761. The molecule has 2 bridgehead atoms. The van der Waals surface area contributed by atoms with Gasteiger partial charge in [-0.15, -0.1) is 0 Å². The molecule has 0 N–H and O–H groups in total. The van der Waals surface area contributed by atoms with E-state index in [0.29, 0.717) is 49.7 Å². The lowest BCUT2D eigenvalue weighted by molar-refractivity contribution is -0.365. The van der Waals surface area contributed by atoms with Crippen LogP contribution in [0.15, 0.2) is 47.4 Å². The Kier molecular flexibility index (Phi) is 9.49. The van der Waals surface area contributed by atoms with Gasteiger partial charge in [0.2, 0.25) is 0 Å². The summed E-state index contributed by atoms with van der Waals surface area (Å²) in [5, 5.41) is 0. The summed E-state index contributed by atoms with van der Waals surface area (Å²) in [6.45, 7) is 19.0. The highest BCUT2D eigenvalue weighted by Gasteiger charge is 2.64. The van der Waals surface area contributed by atoms with Gasteiger partial charge in [-0.05, 0) is 67.1 Å². The molecule has 5 aliphatic heterocycles. The maximum atomic E-state index is 13.4. The number of hydrogen-bond donors (Lipinski definition) is 0. The summed E-state index contributed by atoms with van der Waals surface area (Å²) in [7, 11) is 0. The lowest BCUT2D eigenvalue weighted by atomic mass is 9.78. The first-order valence-electron chi connectivity index (χ1n) is 17.0. The Hall–Kier alpha value is -1.58. The van der Waals surface area contributed by atoms with Gasteiger partial charge in [-0.2, -0.15) is 0 Å². The van der Waals surface area contributed by atoms with Crippen LogP contribution in [-0.2, 0) is 23.7 Å². The summed E-state index contributed by atoms with van der Waals surface area (Å²) < 4.78 is 33.4. The van der Waals surface area contributed by atoms with Crippen molar-refractivity contribution in [3.8, 4) is 0 Å². The van der Waals surface area contributed by atoms with E-state index in [4.69, 9.17) is 23.7 Å². The Morgan fingerprint density at radius 3 is 2.48 bits per heavy atom. The molecule has 8 heteroatoms. The Morgan fingerprint density at radius 1 is 0.977 bits per heavy atom. The number of nitrogens with zero attached hydrogens (tertiary/aromatic N) is 1. The normalized spacial score (nSPS) is 43.5. The maximum Gasteiger partial charge on any atom is 0.412 e. The predicted octanol–water partition coefficient (Wildman–Crippen LogP) is 8.03. The van der Waals surface area contributed by atoms with Crippen molar-refractivity contribution >= 4 is 17.9 Å². The fraction of sp³-hybridized carbons (Fsp3) is 0.750. The number of carbonyl (C=O) groups is 1. The summed E-state index contributed by atoms with van der Waals surface area (Å²) in [6, 6.07) is 10.5. The topological polar surface area (TPSA) is 66.5 Å². The fourth-order valence-electron chi connectivity index (χ4n) is 8.82. The van der Waals surface area contributed by atoms with E-state index in [1.54, 1.807) is 11.8 Å². The van der Waals surface area contributed by atoms with Gasteiger partial charge in [-0.25, -0.2) is 4.79 Å². The van der Waals surface area contributed by atoms with Gasteiger partial charge in [0.1, 0.15) is 11.5 Å². The number of thioether (sulfide) groups is 1. The van der Waals surface area contributed by atoms with E-state index < -0.39 is 11.5 Å². The van der Waals surface area contributed by atoms with Crippen molar-refractivity contribution in [1.29, 1.82) is 0 Å². The fourth-order valence-corrected chi connectivity index (χ4v) is 9.92. The molecule has 44 heavy (non-hydrogen) atoms. The van der Waals surface area contributed by atoms with Crippen LogP contribution in [0.5, 0.6) is 0 Å². The number of amides is 1. The van der Waals surface area contributed by atoms with Gasteiger partial charge in [0.15, 0.2) is 11.5 Å². The Balaban J connectivity index is 1.20. The summed E-state index contributed by atoms with van der Waals surface area (Å²) in [4.78, 5) is 16.5. The Labute approximate surface area is 268 Å². The molecule has 1 aromatic carbocycles. The molecule has 0 unspecified atom stereocenters. The van der Waals surface area contributed by atoms with Crippen LogP contribution < -0.4 is 0 Å². The van der Waals surface area contributed by atoms with Gasteiger partial charge < -0.3 is 23.7 Å². The highest BCUT2D eigenvalue weighted by Crippen LogP contribution is 2.55. The second kappa shape index (κ2) is 12.9. The molecule has 7 nitrogen and oxygen atoms in total. The Bertz CT molecular complexity index is 1180. The van der Waals surface area contributed by atoms with Gasteiger partial charge in [-0.1, -0.05) is 78.1 Å². The van der Waals surface area contributed by atoms with E-state index >= 15 is 0 Å². The SMILES string of the molecule is C=C(C[C@@]12C[C@@H](C)C[C@H](O1)[C@H]1O[C@@]3(C[C@H]1O2)[C@@H](C)C[C@@H](C)CN3C(=O)OCCC)[C@H]1O[C@@H](Sc2ccccc2)[C@H](C)C[C@@H]1C. The number of fused-ring (bicyclic) bond motifs is 4. The van der Waals surface area contributed by atoms with Gasteiger partial charge in [0, 0.05) is 36.6 Å². The third-order valence-electron chi connectivity index (χ3n) is 10.6. The van der Waals surface area contributed by atoms with E-state index in [2.05, 4.69) is 71.5 Å². The largest absolute Gasteiger partial charge is 0.449 e. The van der Waals surface area contributed by atoms with Crippen LogP contribution in [-0.4, -0.2) is 65.5 Å². The third-order valence-corrected chi connectivity index (χ3v) is 12.0. The number of likely N-dealkylation sites (tertiary alicyclic amines) is 1. The molecule has 0 aliphatic carbocycles. The number of rotatable bonds is 7. The number of hydrogen-bond acceptors (Lipinski definition) is 7. The quantitative estimate of drug-likeness (QED) is 0.284. The number of piperidine rings is 1. The summed E-state index contributed by atoms with van der Waals surface area (Å²) >= 11 is 1.81. The van der Waals surface area contributed by atoms with Crippen LogP contribution in [0.3, 0.4) is 0 Å². The molecule has 1 amide bonds. The zero-order valence-corrected chi connectivity index (χ0v) is 28.4. The first kappa shape index (κ1) is 32.4.